The molecular formula is C14H20N4OS. The lowest BCUT2D eigenvalue weighted by atomic mass is 10.3. The van der Waals surface area contributed by atoms with E-state index in [1.807, 2.05) is 18.3 Å². The average Bonchev–Trinajstić information content (AvgIpc) is 3.04. The molecule has 2 rings (SSSR count). The Morgan fingerprint density at radius 3 is 2.95 bits per heavy atom. The predicted octanol–water partition coefficient (Wildman–Crippen LogP) is 2.74. The first-order valence-corrected chi connectivity index (χ1v) is 7.50. The van der Waals surface area contributed by atoms with Gasteiger partial charge in [0.05, 0.1) is 6.54 Å². The number of aryl methyl sites for hydroxylation is 1. The Labute approximate surface area is 123 Å². The van der Waals surface area contributed by atoms with Gasteiger partial charge in [0.15, 0.2) is 5.13 Å². The Morgan fingerprint density at radius 1 is 1.45 bits per heavy atom. The third-order valence-corrected chi connectivity index (χ3v) is 3.88. The van der Waals surface area contributed by atoms with Crippen LogP contribution in [0.25, 0.3) is 0 Å². The molecule has 2 aromatic rings. The Hall–Kier alpha value is -1.82. The van der Waals surface area contributed by atoms with Gasteiger partial charge in [-0.15, -0.1) is 11.3 Å². The van der Waals surface area contributed by atoms with Gasteiger partial charge in [0.1, 0.15) is 5.69 Å². The smallest absolute Gasteiger partial charge is 0.269 e. The maximum absolute atomic E-state index is 11.8. The molecule has 0 radical (unpaired) electrons. The van der Waals surface area contributed by atoms with Crippen molar-refractivity contribution in [1.82, 2.24) is 14.9 Å². The number of rotatable bonds is 6. The predicted molar refractivity (Wildman–Crippen MR) is 82.2 cm³/mol. The van der Waals surface area contributed by atoms with Crippen molar-refractivity contribution in [2.75, 3.05) is 19.4 Å². The van der Waals surface area contributed by atoms with E-state index in [2.05, 4.69) is 22.2 Å². The van der Waals surface area contributed by atoms with Gasteiger partial charge in [-0.2, -0.15) is 0 Å². The van der Waals surface area contributed by atoms with Crippen LogP contribution in [0.2, 0.25) is 0 Å². The molecule has 108 valence electrons. The quantitative estimate of drug-likeness (QED) is 0.860. The lowest BCUT2D eigenvalue weighted by Crippen LogP contribution is -2.22. The average molecular weight is 292 g/mol. The highest BCUT2D eigenvalue weighted by molar-refractivity contribution is 7.15. The van der Waals surface area contributed by atoms with Crippen LogP contribution in [0, 0.1) is 0 Å². The summed E-state index contributed by atoms with van der Waals surface area (Å²) in [4.78, 5) is 22.1. The number of amides is 1. The molecule has 20 heavy (non-hydrogen) atoms. The summed E-state index contributed by atoms with van der Waals surface area (Å²) in [5.41, 5.74) is 1.58. The lowest BCUT2D eigenvalue weighted by molar-refractivity contribution is 0.0822. The minimum atomic E-state index is -0.0178. The van der Waals surface area contributed by atoms with Gasteiger partial charge < -0.3 is 15.2 Å². The summed E-state index contributed by atoms with van der Waals surface area (Å²) < 4.78 is 0. The molecule has 0 aliphatic rings. The summed E-state index contributed by atoms with van der Waals surface area (Å²) in [5, 5.41) is 4.19. The first kappa shape index (κ1) is 14.6. The van der Waals surface area contributed by atoms with Crippen LogP contribution in [-0.4, -0.2) is 34.9 Å². The first-order chi connectivity index (χ1) is 9.60. The van der Waals surface area contributed by atoms with Gasteiger partial charge >= 0.3 is 0 Å². The fourth-order valence-corrected chi connectivity index (χ4v) is 2.74. The van der Waals surface area contributed by atoms with Crippen molar-refractivity contribution < 1.29 is 4.79 Å². The van der Waals surface area contributed by atoms with Gasteiger partial charge in [0.2, 0.25) is 0 Å². The van der Waals surface area contributed by atoms with E-state index >= 15 is 0 Å². The molecule has 1 amide bonds. The van der Waals surface area contributed by atoms with E-state index in [0.29, 0.717) is 12.2 Å². The van der Waals surface area contributed by atoms with E-state index in [1.165, 1.54) is 4.88 Å². The van der Waals surface area contributed by atoms with Crippen molar-refractivity contribution in [3.8, 4) is 0 Å². The van der Waals surface area contributed by atoms with Crippen LogP contribution in [0.15, 0.2) is 18.3 Å². The molecule has 0 bridgehead atoms. The van der Waals surface area contributed by atoms with Crippen molar-refractivity contribution in [1.29, 1.82) is 0 Å². The molecular weight excluding hydrogens is 272 g/mol. The van der Waals surface area contributed by atoms with Crippen molar-refractivity contribution in [2.45, 2.75) is 26.3 Å². The molecule has 0 aromatic carbocycles. The zero-order valence-corrected chi connectivity index (χ0v) is 12.9. The Balaban J connectivity index is 1.92. The molecule has 5 nitrogen and oxygen atoms in total. The van der Waals surface area contributed by atoms with E-state index < -0.39 is 0 Å². The molecule has 0 unspecified atom stereocenters. The van der Waals surface area contributed by atoms with Gasteiger partial charge in [-0.1, -0.05) is 13.3 Å². The maximum atomic E-state index is 11.8. The largest absolute Gasteiger partial charge is 0.356 e. The number of carbonyl (C=O) groups is 1. The molecule has 2 heterocycles. The van der Waals surface area contributed by atoms with E-state index in [-0.39, 0.29) is 5.91 Å². The molecule has 2 aromatic heterocycles. The maximum Gasteiger partial charge on any atom is 0.269 e. The number of hydrogen-bond acceptors (Lipinski definition) is 4. The van der Waals surface area contributed by atoms with Crippen LogP contribution >= 0.6 is 11.3 Å². The van der Waals surface area contributed by atoms with Crippen LogP contribution in [-0.2, 0) is 13.0 Å². The van der Waals surface area contributed by atoms with Gasteiger partial charge in [-0.3, -0.25) is 4.79 Å². The fourth-order valence-electron chi connectivity index (χ4n) is 1.83. The second-order valence-corrected chi connectivity index (χ2v) is 5.95. The molecule has 6 heteroatoms. The molecule has 2 N–H and O–H groups in total. The van der Waals surface area contributed by atoms with E-state index in [1.54, 1.807) is 30.3 Å². The van der Waals surface area contributed by atoms with Crippen LogP contribution in [0.4, 0.5) is 5.13 Å². The SMILES string of the molecule is CCCc1cnc(NCc2ccc(C(=O)N(C)C)[nH]2)s1. The van der Waals surface area contributed by atoms with Crippen LogP contribution in [0.1, 0.15) is 34.4 Å². The highest BCUT2D eigenvalue weighted by atomic mass is 32.1. The number of nitrogens with zero attached hydrogens (tertiary/aromatic N) is 2. The normalized spacial score (nSPS) is 10.6. The number of anilines is 1. The molecule has 0 fully saturated rings. The van der Waals surface area contributed by atoms with Crippen molar-refractivity contribution >= 4 is 22.4 Å². The second kappa shape index (κ2) is 6.56. The van der Waals surface area contributed by atoms with Crippen molar-refractivity contribution in [2.24, 2.45) is 0 Å². The monoisotopic (exact) mass is 292 g/mol. The van der Waals surface area contributed by atoms with Crippen LogP contribution in [0.5, 0.6) is 0 Å². The summed E-state index contributed by atoms with van der Waals surface area (Å²) in [7, 11) is 3.48. The molecule has 0 saturated carbocycles. The number of thiazole rings is 1. The third-order valence-electron chi connectivity index (χ3n) is 2.86. The van der Waals surface area contributed by atoms with E-state index in [9.17, 15) is 4.79 Å². The minimum absolute atomic E-state index is 0.0178. The molecule has 0 saturated heterocycles. The molecule has 0 aliphatic carbocycles. The lowest BCUT2D eigenvalue weighted by Gasteiger charge is -2.07. The summed E-state index contributed by atoms with van der Waals surface area (Å²) in [6, 6.07) is 3.73. The molecule has 0 atom stereocenters. The van der Waals surface area contributed by atoms with Crippen molar-refractivity contribution in [3.05, 3.63) is 34.6 Å². The van der Waals surface area contributed by atoms with Gasteiger partial charge in [0.25, 0.3) is 5.91 Å². The fraction of sp³-hybridized carbons (Fsp3) is 0.429. The number of H-pyrrole nitrogens is 1. The minimum Gasteiger partial charge on any atom is -0.356 e. The summed E-state index contributed by atoms with van der Waals surface area (Å²) in [6.07, 6.45) is 4.13. The van der Waals surface area contributed by atoms with Crippen LogP contribution in [0.3, 0.4) is 0 Å². The highest BCUT2D eigenvalue weighted by Crippen LogP contribution is 2.20. The summed E-state index contributed by atoms with van der Waals surface area (Å²) in [6.45, 7) is 2.80. The van der Waals surface area contributed by atoms with E-state index in [4.69, 9.17) is 0 Å². The standard InChI is InChI=1S/C14H20N4OS/c1-4-5-11-9-16-14(20-11)15-8-10-6-7-12(17-10)13(19)18(2)3/h6-7,9,17H,4-5,8H2,1-3H3,(H,15,16). The van der Waals surface area contributed by atoms with Crippen LogP contribution < -0.4 is 5.32 Å². The zero-order valence-electron chi connectivity index (χ0n) is 12.1. The Kier molecular flexibility index (Phi) is 4.79. The summed E-state index contributed by atoms with van der Waals surface area (Å²) in [5.74, 6) is -0.0178. The van der Waals surface area contributed by atoms with Gasteiger partial charge in [0, 0.05) is 30.9 Å². The molecule has 0 spiro atoms. The Morgan fingerprint density at radius 2 is 2.25 bits per heavy atom. The highest BCUT2D eigenvalue weighted by Gasteiger charge is 2.10. The van der Waals surface area contributed by atoms with Gasteiger partial charge in [-0.25, -0.2) is 4.98 Å². The number of hydrogen-bond donors (Lipinski definition) is 2. The van der Waals surface area contributed by atoms with E-state index in [0.717, 1.165) is 23.7 Å². The number of aromatic amines is 1. The Bertz CT molecular complexity index is 573. The number of nitrogens with one attached hydrogen (secondary N) is 2. The molecule has 0 aliphatic heterocycles. The first-order valence-electron chi connectivity index (χ1n) is 6.68. The topological polar surface area (TPSA) is 61.0 Å². The van der Waals surface area contributed by atoms with Gasteiger partial charge in [-0.05, 0) is 18.6 Å². The van der Waals surface area contributed by atoms with Crippen molar-refractivity contribution in [3.63, 3.8) is 0 Å². The second-order valence-electron chi connectivity index (χ2n) is 4.83. The number of carbonyl (C=O) groups excluding carboxylic acids is 1. The third kappa shape index (κ3) is 3.60. The summed E-state index contributed by atoms with van der Waals surface area (Å²) >= 11 is 1.68. The zero-order chi connectivity index (χ0) is 14.5. The number of aromatic nitrogens is 2.